The van der Waals surface area contributed by atoms with Gasteiger partial charge in [-0.25, -0.2) is 4.98 Å². The van der Waals surface area contributed by atoms with Crippen LogP contribution in [-0.4, -0.2) is 20.5 Å². The van der Waals surface area contributed by atoms with Crippen LogP contribution in [0.15, 0.2) is 69.1 Å². The zero-order valence-corrected chi connectivity index (χ0v) is 16.8. The van der Waals surface area contributed by atoms with Gasteiger partial charge >= 0.3 is 6.18 Å². The Morgan fingerprint density at radius 3 is 2.55 bits per heavy atom. The number of ketones is 1. The van der Waals surface area contributed by atoms with Crippen molar-refractivity contribution in [2.75, 3.05) is 0 Å². The van der Waals surface area contributed by atoms with Crippen LogP contribution in [0.5, 0.6) is 0 Å². The maximum atomic E-state index is 13.6. The van der Waals surface area contributed by atoms with E-state index in [0.29, 0.717) is 11.3 Å². The monoisotopic (exact) mass is 445 g/mol. The number of Topliss-reactive ketones (excluding diaryl/α,β-unsaturated/α-hetero) is 1. The molecule has 0 aliphatic heterocycles. The first-order valence-corrected chi connectivity index (χ1v) is 10.0. The summed E-state index contributed by atoms with van der Waals surface area (Å²) < 4.78 is 47.0. The van der Waals surface area contributed by atoms with E-state index in [4.69, 9.17) is 4.52 Å². The van der Waals surface area contributed by atoms with Crippen LogP contribution in [0.4, 0.5) is 13.2 Å². The van der Waals surface area contributed by atoms with Gasteiger partial charge in [0, 0.05) is 13.0 Å². The van der Waals surface area contributed by atoms with Gasteiger partial charge in [0.1, 0.15) is 11.5 Å². The normalized spacial score (nSPS) is 11.7. The molecular weight excluding hydrogens is 431 g/mol. The van der Waals surface area contributed by atoms with Crippen molar-refractivity contribution < 1.29 is 22.5 Å². The fraction of sp³-hybridized carbons (Fsp3) is 0.143. The second-order valence-electron chi connectivity index (χ2n) is 6.59. The van der Waals surface area contributed by atoms with Crippen molar-refractivity contribution in [1.29, 1.82) is 0 Å². The Morgan fingerprint density at radius 1 is 1.13 bits per heavy atom. The molecule has 0 unspecified atom stereocenters. The van der Waals surface area contributed by atoms with Gasteiger partial charge in [-0.3, -0.25) is 14.2 Å². The van der Waals surface area contributed by atoms with Crippen LogP contribution in [0, 0.1) is 0 Å². The number of fused-ring (bicyclic) bond motifs is 1. The third kappa shape index (κ3) is 4.11. The van der Waals surface area contributed by atoms with Crippen LogP contribution in [0.3, 0.4) is 0 Å². The number of hydrogen-bond acceptors (Lipinski definition) is 6. The zero-order chi connectivity index (χ0) is 22.2. The lowest BCUT2D eigenvalue weighted by atomic mass is 10.1. The molecule has 2 heterocycles. The van der Waals surface area contributed by atoms with Crippen molar-refractivity contribution in [3.05, 3.63) is 82.0 Å². The third-order valence-electron chi connectivity index (χ3n) is 4.46. The van der Waals surface area contributed by atoms with Gasteiger partial charge in [-0.15, -0.1) is 0 Å². The molecule has 6 nitrogen and oxygen atoms in total. The topological polar surface area (TPSA) is 78.0 Å². The van der Waals surface area contributed by atoms with Gasteiger partial charge < -0.3 is 4.52 Å². The van der Waals surface area contributed by atoms with Crippen LogP contribution in [0.1, 0.15) is 28.7 Å². The molecule has 0 saturated heterocycles. The van der Waals surface area contributed by atoms with Crippen LogP contribution in [0.2, 0.25) is 0 Å². The Bertz CT molecular complexity index is 1340. The van der Waals surface area contributed by atoms with Gasteiger partial charge in [-0.1, -0.05) is 41.2 Å². The summed E-state index contributed by atoms with van der Waals surface area (Å²) in [5.41, 5.74) is -1.39. The van der Waals surface area contributed by atoms with Crippen molar-refractivity contribution >= 4 is 28.4 Å². The second kappa shape index (κ2) is 8.03. The number of hydrogen-bond donors (Lipinski definition) is 0. The molecule has 0 aliphatic carbocycles. The molecule has 0 fully saturated rings. The number of benzene rings is 2. The summed E-state index contributed by atoms with van der Waals surface area (Å²) in [5, 5.41) is 3.90. The number of carbonyl (C=O) groups is 1. The highest BCUT2D eigenvalue weighted by Gasteiger charge is 2.34. The summed E-state index contributed by atoms with van der Waals surface area (Å²) in [4.78, 5) is 29.0. The van der Waals surface area contributed by atoms with Gasteiger partial charge in [-0.2, -0.15) is 13.2 Å². The molecule has 4 aromatic rings. The molecule has 2 aromatic heterocycles. The molecule has 0 radical (unpaired) electrons. The molecule has 158 valence electrons. The third-order valence-corrected chi connectivity index (χ3v) is 5.42. The van der Waals surface area contributed by atoms with E-state index in [2.05, 4.69) is 10.1 Å². The number of thioether (sulfide) groups is 1. The molecule has 0 aliphatic rings. The number of aromatic nitrogens is 3. The Morgan fingerprint density at radius 2 is 1.84 bits per heavy atom. The highest BCUT2D eigenvalue weighted by atomic mass is 32.2. The lowest BCUT2D eigenvalue weighted by Gasteiger charge is -2.17. The highest BCUT2D eigenvalue weighted by molar-refractivity contribution is 7.98. The molecule has 0 atom stereocenters. The van der Waals surface area contributed by atoms with Crippen molar-refractivity contribution in [2.45, 2.75) is 24.0 Å². The van der Waals surface area contributed by atoms with Crippen molar-refractivity contribution in [2.24, 2.45) is 0 Å². The lowest BCUT2D eigenvalue weighted by Crippen LogP contribution is -2.24. The van der Waals surface area contributed by atoms with Crippen LogP contribution >= 0.6 is 11.8 Å². The minimum absolute atomic E-state index is 0.0566. The molecule has 0 spiro atoms. The number of rotatable bonds is 5. The quantitative estimate of drug-likeness (QED) is 0.247. The van der Waals surface area contributed by atoms with E-state index in [9.17, 15) is 22.8 Å². The molecule has 0 bridgehead atoms. The number of para-hydroxylation sites is 2. The predicted octanol–water partition coefficient (Wildman–Crippen LogP) is 4.89. The van der Waals surface area contributed by atoms with Crippen molar-refractivity contribution in [1.82, 2.24) is 14.7 Å². The van der Waals surface area contributed by atoms with Crippen molar-refractivity contribution in [3.8, 4) is 5.69 Å². The van der Waals surface area contributed by atoms with Crippen molar-refractivity contribution in [3.63, 3.8) is 0 Å². The summed E-state index contributed by atoms with van der Waals surface area (Å²) in [7, 11) is 0. The fourth-order valence-corrected chi connectivity index (χ4v) is 3.89. The molecule has 0 amide bonds. The van der Waals surface area contributed by atoms with Crippen LogP contribution in [-0.2, 0) is 11.9 Å². The minimum Gasteiger partial charge on any atom is -0.360 e. The van der Waals surface area contributed by atoms with E-state index in [1.165, 1.54) is 37.3 Å². The molecule has 2 aromatic carbocycles. The molecule has 0 saturated carbocycles. The first kappa shape index (κ1) is 20.9. The van der Waals surface area contributed by atoms with E-state index in [-0.39, 0.29) is 33.5 Å². The summed E-state index contributed by atoms with van der Waals surface area (Å²) in [6.45, 7) is 1.34. The van der Waals surface area contributed by atoms with E-state index in [0.717, 1.165) is 22.4 Å². The Hall–Kier alpha value is -3.40. The SMILES string of the molecule is CC(=O)c1cc(CSc2nc3ccccc3c(=O)n2-c2ccccc2C(F)(F)F)on1. The maximum Gasteiger partial charge on any atom is 0.418 e. The number of nitrogens with zero attached hydrogens (tertiary/aromatic N) is 3. The Kier molecular flexibility index (Phi) is 5.40. The molecular formula is C21H14F3N3O3S. The minimum atomic E-state index is -4.66. The molecule has 4 rings (SSSR count). The second-order valence-corrected chi connectivity index (χ2v) is 7.53. The summed E-state index contributed by atoms with van der Waals surface area (Å²) in [6.07, 6.45) is -4.66. The molecule has 0 N–H and O–H groups in total. The average molecular weight is 445 g/mol. The molecule has 31 heavy (non-hydrogen) atoms. The number of carbonyl (C=O) groups excluding carboxylic acids is 1. The van der Waals surface area contributed by atoms with E-state index in [1.54, 1.807) is 18.2 Å². The summed E-state index contributed by atoms with van der Waals surface area (Å²) in [5.74, 6) is 0.160. The number of alkyl halides is 3. The largest absolute Gasteiger partial charge is 0.418 e. The zero-order valence-electron chi connectivity index (χ0n) is 16.0. The summed E-state index contributed by atoms with van der Waals surface area (Å²) in [6, 6.07) is 12.7. The smallest absolute Gasteiger partial charge is 0.360 e. The first-order chi connectivity index (χ1) is 14.8. The predicted molar refractivity (Wildman–Crippen MR) is 108 cm³/mol. The summed E-state index contributed by atoms with van der Waals surface area (Å²) >= 11 is 1.01. The number of halogens is 3. The Labute approximate surface area is 177 Å². The van der Waals surface area contributed by atoms with Gasteiger partial charge in [0.15, 0.2) is 10.9 Å². The first-order valence-electron chi connectivity index (χ1n) is 9.03. The highest BCUT2D eigenvalue weighted by Crippen LogP contribution is 2.35. The molecule has 10 heteroatoms. The fourth-order valence-electron chi connectivity index (χ4n) is 3.01. The van der Waals surface area contributed by atoms with E-state index in [1.807, 2.05) is 0 Å². The average Bonchev–Trinajstić information content (AvgIpc) is 3.21. The van der Waals surface area contributed by atoms with Gasteiger partial charge in [-0.05, 0) is 24.3 Å². The van der Waals surface area contributed by atoms with Gasteiger partial charge in [0.25, 0.3) is 5.56 Å². The van der Waals surface area contributed by atoms with Crippen LogP contribution < -0.4 is 5.56 Å². The Balaban J connectivity index is 1.87. The van der Waals surface area contributed by atoms with Gasteiger partial charge in [0.2, 0.25) is 0 Å². The van der Waals surface area contributed by atoms with E-state index >= 15 is 0 Å². The lowest BCUT2D eigenvalue weighted by molar-refractivity contribution is -0.137. The standard InChI is InChI=1S/C21H14F3N3O3S/c1-12(28)17-10-13(30-26-17)11-31-20-25-16-8-4-2-6-14(16)19(29)27(20)18-9-5-3-7-15(18)21(22,23)24/h2-10H,11H2,1H3. The van der Waals surface area contributed by atoms with Crippen LogP contribution in [0.25, 0.3) is 16.6 Å². The van der Waals surface area contributed by atoms with Gasteiger partial charge in [0.05, 0.1) is 27.9 Å². The maximum absolute atomic E-state index is 13.6. The van der Waals surface area contributed by atoms with E-state index < -0.39 is 17.3 Å².